The minimum Gasteiger partial charge on any atom is -0.481 e. The summed E-state index contributed by atoms with van der Waals surface area (Å²) >= 11 is 0. The average molecular weight is 286 g/mol. The minimum absolute atomic E-state index is 0.106. The second kappa shape index (κ2) is 6.00. The molecule has 2 heterocycles. The van der Waals surface area contributed by atoms with Crippen molar-refractivity contribution in [2.24, 2.45) is 0 Å². The normalized spacial score (nSPS) is 20.4. The topological polar surface area (TPSA) is 54.4 Å². The maximum absolute atomic E-state index is 10.8. The van der Waals surface area contributed by atoms with Crippen molar-refractivity contribution in [2.75, 3.05) is 13.7 Å². The van der Waals surface area contributed by atoms with Crippen LogP contribution in [-0.4, -0.2) is 29.8 Å². The summed E-state index contributed by atoms with van der Waals surface area (Å²) in [6.07, 6.45) is 2.81. The first-order valence-corrected chi connectivity index (χ1v) is 7.56. The van der Waals surface area contributed by atoms with Crippen LogP contribution in [0.4, 0.5) is 0 Å². The molecule has 1 aromatic heterocycles. The summed E-state index contributed by atoms with van der Waals surface area (Å²) in [5, 5.41) is 15.2. The monoisotopic (exact) mass is 286 g/mol. The van der Waals surface area contributed by atoms with Gasteiger partial charge in [0.05, 0.1) is 18.7 Å². The lowest BCUT2D eigenvalue weighted by molar-refractivity contribution is 0.115. The van der Waals surface area contributed by atoms with Crippen LogP contribution in [0, 0.1) is 6.92 Å². The lowest BCUT2D eigenvalue weighted by Crippen LogP contribution is -2.38. The Morgan fingerprint density at radius 3 is 2.95 bits per heavy atom. The van der Waals surface area contributed by atoms with E-state index in [0.29, 0.717) is 5.88 Å². The predicted molar refractivity (Wildman–Crippen MR) is 83.6 cm³/mol. The van der Waals surface area contributed by atoms with Crippen molar-refractivity contribution in [1.29, 1.82) is 0 Å². The number of piperidine rings is 1. The van der Waals surface area contributed by atoms with E-state index in [2.05, 4.69) is 10.3 Å². The van der Waals surface area contributed by atoms with E-state index in [4.69, 9.17) is 4.74 Å². The van der Waals surface area contributed by atoms with Crippen LogP contribution in [0.5, 0.6) is 5.88 Å². The van der Waals surface area contributed by atoms with E-state index < -0.39 is 6.10 Å². The van der Waals surface area contributed by atoms with Crippen LogP contribution in [0.15, 0.2) is 24.3 Å². The van der Waals surface area contributed by atoms with Gasteiger partial charge in [0.1, 0.15) is 0 Å². The Hall–Kier alpha value is -1.65. The summed E-state index contributed by atoms with van der Waals surface area (Å²) in [6, 6.07) is 8.04. The highest BCUT2D eigenvalue weighted by molar-refractivity contribution is 5.86. The van der Waals surface area contributed by atoms with Crippen LogP contribution in [0.3, 0.4) is 0 Å². The Kier molecular flexibility index (Phi) is 4.08. The van der Waals surface area contributed by atoms with Crippen molar-refractivity contribution in [3.8, 4) is 5.88 Å². The maximum Gasteiger partial charge on any atom is 0.213 e. The highest BCUT2D eigenvalue weighted by Gasteiger charge is 2.25. The Balaban J connectivity index is 2.09. The molecule has 2 N–H and O–H groups in total. The number of aromatic nitrogens is 1. The number of fused-ring (bicyclic) bond motifs is 1. The number of benzene rings is 1. The summed E-state index contributed by atoms with van der Waals surface area (Å²) in [5.41, 5.74) is 2.90. The molecule has 0 unspecified atom stereocenters. The Labute approximate surface area is 125 Å². The molecule has 4 nitrogen and oxygen atoms in total. The summed E-state index contributed by atoms with van der Waals surface area (Å²) in [4.78, 5) is 4.53. The second-order valence-corrected chi connectivity index (χ2v) is 5.73. The molecule has 0 aliphatic carbocycles. The molecule has 3 rings (SSSR count). The number of hydrogen-bond donors (Lipinski definition) is 2. The van der Waals surface area contributed by atoms with Crippen molar-refractivity contribution >= 4 is 10.9 Å². The van der Waals surface area contributed by atoms with Gasteiger partial charge in [-0.15, -0.1) is 0 Å². The van der Waals surface area contributed by atoms with Crippen molar-refractivity contribution < 1.29 is 9.84 Å². The van der Waals surface area contributed by atoms with E-state index in [1.807, 2.05) is 31.2 Å². The molecule has 1 aromatic carbocycles. The van der Waals surface area contributed by atoms with Gasteiger partial charge in [0.25, 0.3) is 0 Å². The molecule has 112 valence electrons. The number of pyridine rings is 1. The number of ether oxygens (including phenoxy) is 1. The van der Waals surface area contributed by atoms with Crippen molar-refractivity contribution in [3.05, 3.63) is 35.4 Å². The first-order chi connectivity index (χ1) is 10.2. The summed E-state index contributed by atoms with van der Waals surface area (Å²) in [6.45, 7) is 3.00. The zero-order chi connectivity index (χ0) is 14.8. The van der Waals surface area contributed by atoms with Crippen molar-refractivity contribution in [1.82, 2.24) is 10.3 Å². The number of rotatable bonds is 3. The third-order valence-electron chi connectivity index (χ3n) is 4.31. The first kappa shape index (κ1) is 14.3. The van der Waals surface area contributed by atoms with Gasteiger partial charge in [-0.25, -0.2) is 4.98 Å². The molecule has 0 saturated carbocycles. The fraction of sp³-hybridized carbons (Fsp3) is 0.471. The van der Waals surface area contributed by atoms with Gasteiger partial charge < -0.3 is 15.2 Å². The van der Waals surface area contributed by atoms with Crippen LogP contribution in [0.2, 0.25) is 0 Å². The zero-order valence-corrected chi connectivity index (χ0v) is 12.6. The zero-order valence-electron chi connectivity index (χ0n) is 12.6. The maximum atomic E-state index is 10.8. The predicted octanol–water partition coefficient (Wildman–Crippen LogP) is 2.73. The van der Waals surface area contributed by atoms with Crippen LogP contribution >= 0.6 is 0 Å². The lowest BCUT2D eigenvalue weighted by atomic mass is 9.92. The fourth-order valence-electron chi connectivity index (χ4n) is 3.11. The van der Waals surface area contributed by atoms with Gasteiger partial charge >= 0.3 is 0 Å². The number of hydrogen-bond acceptors (Lipinski definition) is 4. The van der Waals surface area contributed by atoms with E-state index >= 15 is 0 Å². The SMILES string of the molecule is COc1cc([C@@H](O)[C@@H]2CCCCN2)c2cccc(C)c2n1. The largest absolute Gasteiger partial charge is 0.481 e. The third-order valence-corrected chi connectivity index (χ3v) is 4.31. The molecular formula is C17H22N2O2. The Morgan fingerprint density at radius 2 is 2.24 bits per heavy atom. The van der Waals surface area contributed by atoms with Gasteiger partial charge in [0.2, 0.25) is 5.88 Å². The van der Waals surface area contributed by atoms with Crippen LogP contribution < -0.4 is 10.1 Å². The lowest BCUT2D eigenvalue weighted by Gasteiger charge is -2.29. The summed E-state index contributed by atoms with van der Waals surface area (Å²) in [7, 11) is 1.61. The van der Waals surface area contributed by atoms with Gasteiger partial charge in [-0.2, -0.15) is 0 Å². The molecule has 1 fully saturated rings. The number of methoxy groups -OCH3 is 1. The summed E-state index contributed by atoms with van der Waals surface area (Å²) < 4.78 is 5.31. The molecule has 0 radical (unpaired) electrons. The molecule has 4 heteroatoms. The van der Waals surface area contributed by atoms with Crippen molar-refractivity contribution in [2.45, 2.75) is 38.3 Å². The van der Waals surface area contributed by atoms with E-state index in [1.165, 1.54) is 6.42 Å². The van der Waals surface area contributed by atoms with Gasteiger partial charge in [0, 0.05) is 17.5 Å². The second-order valence-electron chi connectivity index (χ2n) is 5.73. The number of aliphatic hydroxyl groups excluding tert-OH is 1. The fourth-order valence-corrected chi connectivity index (χ4v) is 3.11. The van der Waals surface area contributed by atoms with E-state index in [9.17, 15) is 5.11 Å². The van der Waals surface area contributed by atoms with Crippen LogP contribution in [-0.2, 0) is 0 Å². The van der Waals surface area contributed by atoms with Gasteiger partial charge in [-0.3, -0.25) is 0 Å². The highest BCUT2D eigenvalue weighted by Crippen LogP contribution is 2.32. The molecule has 21 heavy (non-hydrogen) atoms. The number of aliphatic hydroxyl groups is 1. The number of para-hydroxylation sites is 1. The standard InChI is InChI=1S/C17H22N2O2/c1-11-6-5-7-12-13(10-15(21-2)19-16(11)12)17(20)14-8-3-4-9-18-14/h5-7,10,14,17-18,20H,3-4,8-9H2,1-2H3/t14-,17+/m0/s1. The van der Waals surface area contributed by atoms with E-state index in [-0.39, 0.29) is 6.04 Å². The Morgan fingerprint density at radius 1 is 1.38 bits per heavy atom. The van der Waals surface area contributed by atoms with E-state index in [1.54, 1.807) is 7.11 Å². The minimum atomic E-state index is -0.536. The molecule has 0 spiro atoms. The Bertz CT molecular complexity index is 636. The molecule has 1 aliphatic rings. The smallest absolute Gasteiger partial charge is 0.213 e. The molecule has 0 bridgehead atoms. The van der Waals surface area contributed by atoms with Crippen molar-refractivity contribution in [3.63, 3.8) is 0 Å². The third kappa shape index (κ3) is 2.74. The molecule has 2 atom stereocenters. The van der Waals surface area contributed by atoms with Gasteiger partial charge in [-0.05, 0) is 37.4 Å². The van der Waals surface area contributed by atoms with Crippen LogP contribution in [0.25, 0.3) is 10.9 Å². The molecule has 1 saturated heterocycles. The molecule has 0 amide bonds. The number of nitrogens with one attached hydrogen (secondary N) is 1. The summed E-state index contributed by atoms with van der Waals surface area (Å²) in [5.74, 6) is 0.557. The molecule has 1 aliphatic heterocycles. The van der Waals surface area contributed by atoms with E-state index in [0.717, 1.165) is 41.4 Å². The molecule has 2 aromatic rings. The first-order valence-electron chi connectivity index (χ1n) is 7.56. The quantitative estimate of drug-likeness (QED) is 0.911. The molecular weight excluding hydrogens is 264 g/mol. The average Bonchev–Trinajstić information content (AvgIpc) is 2.54. The number of nitrogens with zero attached hydrogens (tertiary/aromatic N) is 1. The van der Waals surface area contributed by atoms with Gasteiger partial charge in [0.15, 0.2) is 0 Å². The highest BCUT2D eigenvalue weighted by atomic mass is 16.5. The number of aryl methyl sites for hydroxylation is 1. The van der Waals surface area contributed by atoms with Gasteiger partial charge in [-0.1, -0.05) is 24.6 Å². The van der Waals surface area contributed by atoms with Crippen LogP contribution in [0.1, 0.15) is 36.5 Å².